The van der Waals surface area contributed by atoms with Crippen molar-refractivity contribution in [2.45, 2.75) is 25.6 Å². The summed E-state index contributed by atoms with van der Waals surface area (Å²) >= 11 is 0. The molecule has 0 spiro atoms. The second-order valence-electron chi connectivity index (χ2n) is 5.56. The molecular formula is C15H21F3N2. The van der Waals surface area contributed by atoms with Crippen LogP contribution in [-0.2, 0) is 12.7 Å². The Morgan fingerprint density at radius 3 is 2.70 bits per heavy atom. The van der Waals surface area contributed by atoms with Gasteiger partial charge in [0, 0.05) is 13.1 Å². The van der Waals surface area contributed by atoms with Crippen LogP contribution in [0.5, 0.6) is 0 Å². The molecule has 0 amide bonds. The molecule has 1 aliphatic heterocycles. The van der Waals surface area contributed by atoms with Crippen molar-refractivity contribution in [3.63, 3.8) is 0 Å². The van der Waals surface area contributed by atoms with Crippen LogP contribution in [0.1, 0.15) is 24.0 Å². The van der Waals surface area contributed by atoms with Crippen LogP contribution in [-0.4, -0.2) is 31.6 Å². The Morgan fingerprint density at radius 2 is 2.05 bits per heavy atom. The predicted octanol–water partition coefficient (Wildman–Crippen LogP) is 3.14. The predicted molar refractivity (Wildman–Crippen MR) is 73.4 cm³/mol. The van der Waals surface area contributed by atoms with Gasteiger partial charge >= 0.3 is 6.18 Å². The molecule has 1 heterocycles. The molecule has 20 heavy (non-hydrogen) atoms. The Balaban J connectivity index is 1.98. The van der Waals surface area contributed by atoms with Gasteiger partial charge in [-0.2, -0.15) is 13.2 Å². The number of nitrogens with one attached hydrogen (secondary N) is 1. The molecule has 1 aromatic rings. The SMILES string of the molecule is CN(Cc1ccccc1C(F)(F)F)CC1CCCNC1. The summed E-state index contributed by atoms with van der Waals surface area (Å²) in [5, 5.41) is 3.33. The van der Waals surface area contributed by atoms with Gasteiger partial charge in [-0.05, 0) is 50.5 Å². The van der Waals surface area contributed by atoms with E-state index in [0.717, 1.165) is 38.5 Å². The largest absolute Gasteiger partial charge is 0.416 e. The number of piperidine rings is 1. The Bertz CT molecular complexity index is 425. The van der Waals surface area contributed by atoms with Crippen molar-refractivity contribution in [3.8, 4) is 0 Å². The minimum absolute atomic E-state index is 0.339. The maximum atomic E-state index is 12.9. The molecule has 1 unspecified atom stereocenters. The van der Waals surface area contributed by atoms with Crippen molar-refractivity contribution in [2.24, 2.45) is 5.92 Å². The van der Waals surface area contributed by atoms with Gasteiger partial charge in [0.2, 0.25) is 0 Å². The first-order valence-electron chi connectivity index (χ1n) is 7.01. The van der Waals surface area contributed by atoms with E-state index in [1.807, 2.05) is 11.9 Å². The molecule has 0 aromatic heterocycles. The Kier molecular flexibility index (Phi) is 5.05. The highest BCUT2D eigenvalue weighted by atomic mass is 19.4. The summed E-state index contributed by atoms with van der Waals surface area (Å²) in [4.78, 5) is 1.99. The van der Waals surface area contributed by atoms with Crippen LogP contribution < -0.4 is 5.32 Å². The molecule has 1 aromatic carbocycles. The summed E-state index contributed by atoms with van der Waals surface area (Å²) in [6.07, 6.45) is -1.97. The molecule has 0 aliphatic carbocycles. The van der Waals surface area contributed by atoms with Gasteiger partial charge in [0.05, 0.1) is 5.56 Å². The molecule has 2 nitrogen and oxygen atoms in total. The van der Waals surface area contributed by atoms with Crippen LogP contribution in [0.3, 0.4) is 0 Å². The molecule has 5 heteroatoms. The maximum absolute atomic E-state index is 12.9. The zero-order valence-electron chi connectivity index (χ0n) is 11.7. The molecule has 1 fully saturated rings. The summed E-state index contributed by atoms with van der Waals surface area (Å²) < 4.78 is 38.8. The van der Waals surface area contributed by atoms with Crippen LogP contribution in [0.25, 0.3) is 0 Å². The summed E-state index contributed by atoms with van der Waals surface area (Å²) in [5.41, 5.74) is -0.167. The third-order valence-electron chi connectivity index (χ3n) is 3.73. The lowest BCUT2D eigenvalue weighted by Crippen LogP contribution is -2.36. The number of hydrogen-bond donors (Lipinski definition) is 1. The van der Waals surface area contributed by atoms with Crippen molar-refractivity contribution in [1.82, 2.24) is 10.2 Å². The molecule has 1 N–H and O–H groups in total. The second kappa shape index (κ2) is 6.59. The molecule has 1 aliphatic rings. The Morgan fingerprint density at radius 1 is 1.30 bits per heavy atom. The van der Waals surface area contributed by atoms with E-state index in [2.05, 4.69) is 5.32 Å². The highest BCUT2D eigenvalue weighted by Gasteiger charge is 2.33. The second-order valence-corrected chi connectivity index (χ2v) is 5.56. The van der Waals surface area contributed by atoms with Crippen molar-refractivity contribution in [3.05, 3.63) is 35.4 Å². The van der Waals surface area contributed by atoms with Crippen LogP contribution in [0.2, 0.25) is 0 Å². The highest BCUT2D eigenvalue weighted by Crippen LogP contribution is 2.32. The molecule has 112 valence electrons. The average molecular weight is 286 g/mol. The van der Waals surface area contributed by atoms with Gasteiger partial charge < -0.3 is 10.2 Å². The van der Waals surface area contributed by atoms with Gasteiger partial charge in [0.1, 0.15) is 0 Å². The fourth-order valence-electron chi connectivity index (χ4n) is 2.81. The van der Waals surface area contributed by atoms with E-state index in [1.54, 1.807) is 12.1 Å². The third-order valence-corrected chi connectivity index (χ3v) is 3.73. The van der Waals surface area contributed by atoms with Crippen LogP contribution in [0, 0.1) is 5.92 Å². The summed E-state index contributed by atoms with van der Waals surface area (Å²) in [6, 6.07) is 5.84. The lowest BCUT2D eigenvalue weighted by Gasteiger charge is -2.28. The van der Waals surface area contributed by atoms with E-state index in [-0.39, 0.29) is 0 Å². The normalized spacial score (nSPS) is 20.4. The van der Waals surface area contributed by atoms with Gasteiger partial charge in [-0.1, -0.05) is 18.2 Å². The van der Waals surface area contributed by atoms with E-state index >= 15 is 0 Å². The zero-order chi connectivity index (χ0) is 14.6. The quantitative estimate of drug-likeness (QED) is 0.915. The number of rotatable bonds is 4. The lowest BCUT2D eigenvalue weighted by molar-refractivity contribution is -0.138. The van der Waals surface area contributed by atoms with Gasteiger partial charge in [-0.15, -0.1) is 0 Å². The molecule has 0 radical (unpaired) electrons. The molecule has 2 rings (SSSR count). The summed E-state index contributed by atoms with van der Waals surface area (Å²) in [5.74, 6) is 0.534. The minimum atomic E-state index is -4.27. The average Bonchev–Trinajstić information content (AvgIpc) is 2.39. The van der Waals surface area contributed by atoms with E-state index in [9.17, 15) is 13.2 Å². The fraction of sp³-hybridized carbons (Fsp3) is 0.600. The molecular weight excluding hydrogens is 265 g/mol. The first-order chi connectivity index (χ1) is 9.47. The van der Waals surface area contributed by atoms with Crippen molar-refractivity contribution < 1.29 is 13.2 Å². The lowest BCUT2D eigenvalue weighted by atomic mass is 9.98. The highest BCUT2D eigenvalue weighted by molar-refractivity contribution is 5.29. The fourth-order valence-corrected chi connectivity index (χ4v) is 2.81. The number of alkyl halides is 3. The molecule has 0 saturated carbocycles. The van der Waals surface area contributed by atoms with E-state index in [1.165, 1.54) is 6.07 Å². The standard InChI is InChI=1S/C15H21F3N2/c1-20(10-12-5-4-8-19-9-12)11-13-6-2-3-7-14(13)15(16,17)18/h2-3,6-7,12,19H,4-5,8-11H2,1H3. The number of halogens is 3. The van der Waals surface area contributed by atoms with E-state index in [0.29, 0.717) is 18.0 Å². The van der Waals surface area contributed by atoms with Crippen molar-refractivity contribution >= 4 is 0 Å². The molecule has 1 saturated heterocycles. The number of hydrogen-bond acceptors (Lipinski definition) is 2. The van der Waals surface area contributed by atoms with E-state index < -0.39 is 11.7 Å². The van der Waals surface area contributed by atoms with Gasteiger partial charge in [0.15, 0.2) is 0 Å². The summed E-state index contributed by atoms with van der Waals surface area (Å²) in [6.45, 7) is 3.19. The van der Waals surface area contributed by atoms with E-state index in [4.69, 9.17) is 0 Å². The zero-order valence-corrected chi connectivity index (χ0v) is 11.7. The van der Waals surface area contributed by atoms with Gasteiger partial charge in [0.25, 0.3) is 0 Å². The van der Waals surface area contributed by atoms with Gasteiger partial charge in [-0.25, -0.2) is 0 Å². The first-order valence-corrected chi connectivity index (χ1v) is 7.01. The third kappa shape index (κ3) is 4.21. The summed E-state index contributed by atoms with van der Waals surface area (Å²) in [7, 11) is 1.89. The Hall–Kier alpha value is -1.07. The topological polar surface area (TPSA) is 15.3 Å². The van der Waals surface area contributed by atoms with Crippen LogP contribution in [0.4, 0.5) is 13.2 Å². The monoisotopic (exact) mass is 286 g/mol. The van der Waals surface area contributed by atoms with Crippen LogP contribution >= 0.6 is 0 Å². The molecule has 0 bridgehead atoms. The number of nitrogens with zero attached hydrogens (tertiary/aromatic N) is 1. The van der Waals surface area contributed by atoms with Crippen molar-refractivity contribution in [1.29, 1.82) is 0 Å². The maximum Gasteiger partial charge on any atom is 0.416 e. The van der Waals surface area contributed by atoms with Crippen molar-refractivity contribution in [2.75, 3.05) is 26.7 Å². The first kappa shape index (κ1) is 15.3. The van der Waals surface area contributed by atoms with Gasteiger partial charge in [-0.3, -0.25) is 0 Å². The van der Waals surface area contributed by atoms with Crippen LogP contribution in [0.15, 0.2) is 24.3 Å². The smallest absolute Gasteiger partial charge is 0.316 e. The minimum Gasteiger partial charge on any atom is -0.316 e. The number of benzene rings is 1. The Labute approximate surface area is 118 Å². The molecule has 1 atom stereocenters.